The number of amidine groups is 1. The maximum atomic E-state index is 12.8. The third kappa shape index (κ3) is 5.52. The summed E-state index contributed by atoms with van der Waals surface area (Å²) in [6.07, 6.45) is 1.61. The number of methoxy groups -OCH3 is 1. The van der Waals surface area contributed by atoms with Gasteiger partial charge in [0.1, 0.15) is 11.0 Å². The van der Waals surface area contributed by atoms with Gasteiger partial charge in [-0.2, -0.15) is 0 Å². The Bertz CT molecular complexity index is 1040. The van der Waals surface area contributed by atoms with Gasteiger partial charge in [0, 0.05) is 24.7 Å². The molecule has 160 valence electrons. The van der Waals surface area contributed by atoms with Crippen molar-refractivity contribution in [2.24, 2.45) is 4.99 Å². The number of carbonyl (C=O) groups is 3. The molecule has 1 atom stereocenters. The smallest absolute Gasteiger partial charge is 0.335 e. The lowest BCUT2D eigenvalue weighted by Gasteiger charge is -2.31. The summed E-state index contributed by atoms with van der Waals surface area (Å²) in [5, 5.41) is 11.4. The van der Waals surface area contributed by atoms with Gasteiger partial charge in [0.05, 0.1) is 18.4 Å². The molecule has 8 nitrogen and oxygen atoms in total. The minimum Gasteiger partial charge on any atom is -0.497 e. The predicted molar refractivity (Wildman–Crippen MR) is 120 cm³/mol. The zero-order chi connectivity index (χ0) is 22.4. The Morgan fingerprint density at radius 3 is 2.71 bits per heavy atom. The highest BCUT2D eigenvalue weighted by atomic mass is 32.2. The van der Waals surface area contributed by atoms with E-state index >= 15 is 0 Å². The van der Waals surface area contributed by atoms with Crippen molar-refractivity contribution in [3.05, 3.63) is 66.7 Å². The number of nitrogens with one attached hydrogen (secondary N) is 1. The van der Waals surface area contributed by atoms with Crippen LogP contribution in [0.4, 0.5) is 11.4 Å². The van der Waals surface area contributed by atoms with Crippen LogP contribution in [0.5, 0.6) is 5.75 Å². The van der Waals surface area contributed by atoms with E-state index in [1.807, 2.05) is 0 Å². The number of thioether (sulfide) groups is 1. The van der Waals surface area contributed by atoms with E-state index in [1.54, 1.807) is 37.5 Å². The van der Waals surface area contributed by atoms with Gasteiger partial charge >= 0.3 is 5.97 Å². The van der Waals surface area contributed by atoms with Crippen LogP contribution in [0.25, 0.3) is 0 Å². The molecule has 0 saturated carbocycles. The van der Waals surface area contributed by atoms with Crippen molar-refractivity contribution < 1.29 is 24.2 Å². The number of carboxylic acid groups (broad SMARTS) is 1. The molecule has 2 amide bonds. The summed E-state index contributed by atoms with van der Waals surface area (Å²) in [5.74, 6) is -1.02. The second-order valence-electron chi connectivity index (χ2n) is 6.57. The number of aromatic carboxylic acids is 1. The minimum atomic E-state index is -1.05. The molecular formula is C22H21N3O5S. The Hall–Kier alpha value is -3.59. The van der Waals surface area contributed by atoms with Crippen molar-refractivity contribution in [3.8, 4) is 5.75 Å². The van der Waals surface area contributed by atoms with E-state index in [2.05, 4.69) is 16.9 Å². The molecule has 1 fully saturated rings. The third-order valence-corrected chi connectivity index (χ3v) is 5.61. The summed E-state index contributed by atoms with van der Waals surface area (Å²) in [7, 11) is 1.55. The minimum absolute atomic E-state index is 0.00861. The number of amides is 2. The molecule has 9 heteroatoms. The zero-order valence-corrected chi connectivity index (χ0v) is 17.6. The van der Waals surface area contributed by atoms with E-state index in [0.29, 0.717) is 22.3 Å². The largest absolute Gasteiger partial charge is 0.497 e. The van der Waals surface area contributed by atoms with Crippen LogP contribution in [-0.4, -0.2) is 51.9 Å². The first-order valence-electron chi connectivity index (χ1n) is 9.36. The summed E-state index contributed by atoms with van der Waals surface area (Å²) in [4.78, 5) is 42.5. The Balaban J connectivity index is 1.81. The third-order valence-electron chi connectivity index (χ3n) is 4.42. The fourth-order valence-corrected chi connectivity index (χ4v) is 3.97. The monoisotopic (exact) mass is 439 g/mol. The number of hydrogen-bond acceptors (Lipinski definition) is 6. The molecule has 0 spiro atoms. The molecule has 1 saturated heterocycles. The van der Waals surface area contributed by atoms with Gasteiger partial charge in [-0.25, -0.2) is 9.79 Å². The molecule has 2 N–H and O–H groups in total. The molecule has 1 aliphatic heterocycles. The molecule has 0 bridgehead atoms. The lowest BCUT2D eigenvalue weighted by Crippen LogP contribution is -2.45. The van der Waals surface area contributed by atoms with Crippen LogP contribution in [0.1, 0.15) is 16.8 Å². The number of nitrogens with zero attached hydrogens (tertiary/aromatic N) is 2. The first-order chi connectivity index (χ1) is 14.9. The number of aliphatic imine (C=N–C) groups is 1. The number of anilines is 1. The van der Waals surface area contributed by atoms with Crippen LogP contribution in [0.2, 0.25) is 0 Å². The topological polar surface area (TPSA) is 108 Å². The summed E-state index contributed by atoms with van der Waals surface area (Å²) < 4.78 is 5.21. The molecule has 0 aromatic heterocycles. The van der Waals surface area contributed by atoms with Crippen molar-refractivity contribution in [2.45, 2.75) is 11.7 Å². The van der Waals surface area contributed by atoms with Gasteiger partial charge in [0.25, 0.3) is 0 Å². The van der Waals surface area contributed by atoms with Gasteiger partial charge in [0.2, 0.25) is 11.8 Å². The van der Waals surface area contributed by atoms with E-state index in [-0.39, 0.29) is 30.3 Å². The Morgan fingerprint density at radius 2 is 2.06 bits per heavy atom. The molecule has 1 heterocycles. The van der Waals surface area contributed by atoms with Crippen molar-refractivity contribution in [1.29, 1.82) is 0 Å². The number of carboxylic acids is 1. The summed E-state index contributed by atoms with van der Waals surface area (Å²) in [5.41, 5.74) is 1.16. The van der Waals surface area contributed by atoms with Crippen LogP contribution in [0.15, 0.2) is 66.2 Å². The molecule has 3 rings (SSSR count). The number of carbonyl (C=O) groups excluding carboxylic acids is 2. The highest BCUT2D eigenvalue weighted by Crippen LogP contribution is 2.30. The van der Waals surface area contributed by atoms with Gasteiger partial charge in [-0.05, 0) is 36.4 Å². The predicted octanol–water partition coefficient (Wildman–Crippen LogP) is 3.54. The van der Waals surface area contributed by atoms with Crippen molar-refractivity contribution in [2.75, 3.05) is 19.0 Å². The summed E-state index contributed by atoms with van der Waals surface area (Å²) >= 11 is 1.19. The number of hydrogen-bond donors (Lipinski definition) is 2. The number of rotatable bonds is 7. The SMILES string of the molecule is C=CCN1C(=O)CC(C(=O)Nc2ccc(C(=O)O)cc2)SC1=Nc1cccc(OC)c1. The summed E-state index contributed by atoms with van der Waals surface area (Å²) in [6.45, 7) is 3.97. The fourth-order valence-electron chi connectivity index (χ4n) is 2.86. The van der Waals surface area contributed by atoms with Crippen LogP contribution < -0.4 is 10.1 Å². The second-order valence-corrected chi connectivity index (χ2v) is 7.74. The van der Waals surface area contributed by atoms with Gasteiger partial charge in [0.15, 0.2) is 5.17 Å². The second kappa shape index (κ2) is 9.94. The highest BCUT2D eigenvalue weighted by molar-refractivity contribution is 8.15. The van der Waals surface area contributed by atoms with Crippen LogP contribution in [-0.2, 0) is 9.59 Å². The molecule has 1 aliphatic rings. The molecule has 2 aromatic carbocycles. The van der Waals surface area contributed by atoms with E-state index in [0.717, 1.165) is 0 Å². The summed E-state index contributed by atoms with van der Waals surface area (Å²) in [6, 6.07) is 12.9. The van der Waals surface area contributed by atoms with Gasteiger partial charge in [-0.15, -0.1) is 6.58 Å². The fraction of sp³-hybridized carbons (Fsp3) is 0.182. The van der Waals surface area contributed by atoms with Crippen LogP contribution >= 0.6 is 11.8 Å². The van der Waals surface area contributed by atoms with Gasteiger partial charge in [-0.1, -0.05) is 23.9 Å². The normalized spacial score (nSPS) is 17.3. The van der Waals surface area contributed by atoms with E-state index in [9.17, 15) is 14.4 Å². The zero-order valence-electron chi connectivity index (χ0n) is 16.8. The average molecular weight is 439 g/mol. The van der Waals surface area contributed by atoms with Crippen LogP contribution in [0.3, 0.4) is 0 Å². The first kappa shape index (κ1) is 22.1. The Kier molecular flexibility index (Phi) is 7.09. The van der Waals surface area contributed by atoms with E-state index < -0.39 is 11.2 Å². The molecule has 1 unspecified atom stereocenters. The standard InChI is InChI=1S/C22H21N3O5S/c1-3-11-25-19(26)13-18(20(27)23-15-9-7-14(8-10-15)21(28)29)31-22(25)24-16-5-4-6-17(12-16)30-2/h3-10,12,18H,1,11,13H2,2H3,(H,23,27)(H,28,29). The van der Waals surface area contributed by atoms with E-state index in [4.69, 9.17) is 9.84 Å². The lowest BCUT2D eigenvalue weighted by molar-refractivity contribution is -0.129. The van der Waals surface area contributed by atoms with Crippen molar-refractivity contribution >= 4 is 46.1 Å². The maximum absolute atomic E-state index is 12.8. The molecule has 31 heavy (non-hydrogen) atoms. The first-order valence-corrected chi connectivity index (χ1v) is 10.2. The van der Waals surface area contributed by atoms with E-state index in [1.165, 1.54) is 40.9 Å². The molecule has 2 aromatic rings. The molecular weight excluding hydrogens is 418 g/mol. The Labute approximate surface area is 183 Å². The lowest BCUT2D eigenvalue weighted by atomic mass is 10.2. The van der Waals surface area contributed by atoms with Crippen molar-refractivity contribution in [3.63, 3.8) is 0 Å². The Morgan fingerprint density at radius 1 is 1.32 bits per heavy atom. The number of benzene rings is 2. The van der Waals surface area contributed by atoms with Crippen LogP contribution in [0, 0.1) is 0 Å². The van der Waals surface area contributed by atoms with Gasteiger partial charge in [-0.3, -0.25) is 14.5 Å². The maximum Gasteiger partial charge on any atom is 0.335 e. The number of ether oxygens (including phenoxy) is 1. The van der Waals surface area contributed by atoms with Gasteiger partial charge < -0.3 is 15.2 Å². The molecule has 0 radical (unpaired) electrons. The molecule has 0 aliphatic carbocycles. The highest BCUT2D eigenvalue weighted by Gasteiger charge is 2.35. The van der Waals surface area contributed by atoms with Crippen molar-refractivity contribution in [1.82, 2.24) is 4.90 Å². The average Bonchev–Trinajstić information content (AvgIpc) is 2.76. The quantitative estimate of drug-likeness (QED) is 0.639.